The quantitative estimate of drug-likeness (QED) is 0.633. The Balaban J connectivity index is 1.77. The normalized spacial score (nSPS) is 29.0. The van der Waals surface area contributed by atoms with Gasteiger partial charge in [0.2, 0.25) is 0 Å². The van der Waals surface area contributed by atoms with Gasteiger partial charge in [0, 0.05) is 19.1 Å². The summed E-state index contributed by atoms with van der Waals surface area (Å²) in [4.78, 5) is 2.69. The molecule has 2 nitrogen and oxygen atoms in total. The third kappa shape index (κ3) is 1.99. The van der Waals surface area contributed by atoms with E-state index in [1.807, 2.05) is 0 Å². The van der Waals surface area contributed by atoms with E-state index in [9.17, 15) is 0 Å². The second-order valence-corrected chi connectivity index (χ2v) is 4.12. The van der Waals surface area contributed by atoms with Gasteiger partial charge < -0.3 is 5.32 Å². The second kappa shape index (κ2) is 4.24. The van der Waals surface area contributed by atoms with Crippen molar-refractivity contribution in [3.63, 3.8) is 0 Å². The van der Waals surface area contributed by atoms with E-state index in [1.54, 1.807) is 0 Å². The molecule has 12 heavy (non-hydrogen) atoms. The summed E-state index contributed by atoms with van der Waals surface area (Å²) in [5.74, 6) is 0. The molecule has 2 aliphatic rings. The van der Waals surface area contributed by atoms with Crippen LogP contribution in [0.4, 0.5) is 0 Å². The highest BCUT2D eigenvalue weighted by molar-refractivity contribution is 4.84. The van der Waals surface area contributed by atoms with Gasteiger partial charge in [-0.3, -0.25) is 4.90 Å². The summed E-state index contributed by atoms with van der Waals surface area (Å²) >= 11 is 0. The summed E-state index contributed by atoms with van der Waals surface area (Å²) < 4.78 is 0. The minimum absolute atomic E-state index is 0.878. The molecule has 0 aromatic heterocycles. The molecule has 2 saturated heterocycles. The summed E-state index contributed by atoms with van der Waals surface area (Å²) in [5, 5.41) is 3.35. The summed E-state index contributed by atoms with van der Waals surface area (Å²) in [6.07, 6.45) is 7.23. The Kier molecular flexibility index (Phi) is 3.01. The molecule has 0 aliphatic carbocycles. The van der Waals surface area contributed by atoms with E-state index < -0.39 is 0 Å². The van der Waals surface area contributed by atoms with E-state index in [0.29, 0.717) is 0 Å². The van der Waals surface area contributed by atoms with Crippen molar-refractivity contribution in [1.29, 1.82) is 0 Å². The molecule has 0 saturated carbocycles. The first-order valence-corrected chi connectivity index (χ1v) is 5.41. The first-order valence-electron chi connectivity index (χ1n) is 5.41. The molecule has 0 atom stereocenters. The number of nitrogens with zero attached hydrogens (tertiary/aromatic N) is 1. The van der Waals surface area contributed by atoms with E-state index in [4.69, 9.17) is 0 Å². The number of hydrogen-bond acceptors (Lipinski definition) is 2. The van der Waals surface area contributed by atoms with Gasteiger partial charge in [-0.05, 0) is 25.9 Å². The Morgan fingerprint density at radius 2 is 1.42 bits per heavy atom. The SMILES string of the molecule is C1CCCN(C2CNC2)CCC1. The molecular weight excluding hydrogens is 148 g/mol. The predicted molar refractivity (Wildman–Crippen MR) is 51.3 cm³/mol. The molecule has 0 spiro atoms. The molecule has 0 unspecified atom stereocenters. The van der Waals surface area contributed by atoms with Crippen molar-refractivity contribution in [3.8, 4) is 0 Å². The van der Waals surface area contributed by atoms with E-state index in [-0.39, 0.29) is 0 Å². The topological polar surface area (TPSA) is 15.3 Å². The Morgan fingerprint density at radius 3 is 1.92 bits per heavy atom. The lowest BCUT2D eigenvalue weighted by Gasteiger charge is -2.39. The summed E-state index contributed by atoms with van der Waals surface area (Å²) in [6.45, 7) is 5.18. The van der Waals surface area contributed by atoms with E-state index in [1.165, 1.54) is 58.3 Å². The monoisotopic (exact) mass is 168 g/mol. The van der Waals surface area contributed by atoms with Crippen molar-refractivity contribution in [2.45, 2.75) is 38.1 Å². The minimum Gasteiger partial charge on any atom is -0.314 e. The fourth-order valence-electron chi connectivity index (χ4n) is 2.17. The standard InChI is InChI=1S/C10H20N2/c1-2-4-6-12(7-5-3-1)10-8-11-9-10/h10-11H,1-9H2. The Bertz CT molecular complexity index is 124. The van der Waals surface area contributed by atoms with E-state index in [0.717, 1.165) is 6.04 Å². The third-order valence-corrected chi connectivity index (χ3v) is 3.17. The van der Waals surface area contributed by atoms with Gasteiger partial charge in [-0.1, -0.05) is 19.3 Å². The van der Waals surface area contributed by atoms with Crippen LogP contribution in [0.2, 0.25) is 0 Å². The Labute approximate surface area is 75.3 Å². The van der Waals surface area contributed by atoms with Crippen LogP contribution in [0.15, 0.2) is 0 Å². The predicted octanol–water partition coefficient (Wildman–Crippen LogP) is 1.22. The molecule has 1 N–H and O–H groups in total. The number of hydrogen-bond donors (Lipinski definition) is 1. The van der Waals surface area contributed by atoms with E-state index in [2.05, 4.69) is 10.2 Å². The van der Waals surface area contributed by atoms with Gasteiger partial charge in [-0.15, -0.1) is 0 Å². The fourth-order valence-corrected chi connectivity index (χ4v) is 2.17. The van der Waals surface area contributed by atoms with Gasteiger partial charge in [-0.2, -0.15) is 0 Å². The third-order valence-electron chi connectivity index (χ3n) is 3.17. The highest BCUT2D eigenvalue weighted by Gasteiger charge is 2.23. The highest BCUT2D eigenvalue weighted by Crippen LogP contribution is 2.14. The van der Waals surface area contributed by atoms with E-state index >= 15 is 0 Å². The van der Waals surface area contributed by atoms with Gasteiger partial charge in [0.25, 0.3) is 0 Å². The minimum atomic E-state index is 0.878. The first kappa shape index (κ1) is 8.52. The molecule has 2 heterocycles. The molecule has 0 bridgehead atoms. The molecule has 2 heteroatoms. The Hall–Kier alpha value is -0.0800. The fraction of sp³-hybridized carbons (Fsp3) is 1.00. The van der Waals surface area contributed by atoms with Crippen molar-refractivity contribution >= 4 is 0 Å². The Morgan fingerprint density at radius 1 is 0.833 bits per heavy atom. The van der Waals surface area contributed by atoms with Gasteiger partial charge in [0.05, 0.1) is 0 Å². The first-order chi connectivity index (χ1) is 5.97. The summed E-state index contributed by atoms with van der Waals surface area (Å²) in [7, 11) is 0. The molecule has 0 radical (unpaired) electrons. The smallest absolute Gasteiger partial charge is 0.0345 e. The number of rotatable bonds is 1. The van der Waals surface area contributed by atoms with Crippen LogP contribution in [0.25, 0.3) is 0 Å². The van der Waals surface area contributed by atoms with Crippen LogP contribution >= 0.6 is 0 Å². The second-order valence-electron chi connectivity index (χ2n) is 4.12. The molecule has 0 amide bonds. The molecular formula is C10H20N2. The van der Waals surface area contributed by atoms with Crippen LogP contribution < -0.4 is 5.32 Å². The van der Waals surface area contributed by atoms with Crippen molar-refractivity contribution in [1.82, 2.24) is 10.2 Å². The van der Waals surface area contributed by atoms with Crippen molar-refractivity contribution in [2.24, 2.45) is 0 Å². The van der Waals surface area contributed by atoms with Gasteiger partial charge in [-0.25, -0.2) is 0 Å². The van der Waals surface area contributed by atoms with Gasteiger partial charge in [0.1, 0.15) is 0 Å². The van der Waals surface area contributed by atoms with Gasteiger partial charge >= 0.3 is 0 Å². The van der Waals surface area contributed by atoms with Crippen molar-refractivity contribution in [2.75, 3.05) is 26.2 Å². The van der Waals surface area contributed by atoms with Crippen LogP contribution in [0.5, 0.6) is 0 Å². The highest BCUT2D eigenvalue weighted by atomic mass is 15.2. The number of nitrogens with one attached hydrogen (secondary N) is 1. The average Bonchev–Trinajstić information content (AvgIpc) is 1.90. The maximum absolute atomic E-state index is 3.35. The average molecular weight is 168 g/mol. The largest absolute Gasteiger partial charge is 0.314 e. The van der Waals surface area contributed by atoms with Crippen LogP contribution in [-0.2, 0) is 0 Å². The van der Waals surface area contributed by atoms with Gasteiger partial charge in [0.15, 0.2) is 0 Å². The lowest BCUT2D eigenvalue weighted by atomic mass is 10.0. The lowest BCUT2D eigenvalue weighted by Crippen LogP contribution is -2.57. The molecule has 70 valence electrons. The van der Waals surface area contributed by atoms with Crippen LogP contribution in [0.3, 0.4) is 0 Å². The molecule has 2 fully saturated rings. The molecule has 0 aromatic rings. The van der Waals surface area contributed by atoms with Crippen LogP contribution in [-0.4, -0.2) is 37.1 Å². The van der Waals surface area contributed by atoms with Crippen LogP contribution in [0, 0.1) is 0 Å². The zero-order chi connectivity index (χ0) is 8.23. The maximum atomic E-state index is 3.35. The van der Waals surface area contributed by atoms with Crippen LogP contribution in [0.1, 0.15) is 32.1 Å². The number of likely N-dealkylation sites (tertiary alicyclic amines) is 1. The zero-order valence-corrected chi connectivity index (χ0v) is 7.89. The van der Waals surface area contributed by atoms with Crippen molar-refractivity contribution in [3.05, 3.63) is 0 Å². The maximum Gasteiger partial charge on any atom is 0.0345 e. The molecule has 2 rings (SSSR count). The summed E-state index contributed by atoms with van der Waals surface area (Å²) in [6, 6.07) is 0.878. The van der Waals surface area contributed by atoms with Crippen molar-refractivity contribution < 1.29 is 0 Å². The molecule has 2 aliphatic heterocycles. The molecule has 0 aromatic carbocycles. The summed E-state index contributed by atoms with van der Waals surface area (Å²) in [5.41, 5.74) is 0. The lowest BCUT2D eigenvalue weighted by molar-refractivity contribution is 0.134. The zero-order valence-electron chi connectivity index (χ0n) is 7.89.